The smallest absolute Gasteiger partial charge is 0.249 e. The highest BCUT2D eigenvalue weighted by molar-refractivity contribution is 6.00. The first-order valence-corrected chi connectivity index (χ1v) is 14.2. The third-order valence-electron chi connectivity index (χ3n) is 8.80. The van der Waals surface area contributed by atoms with Gasteiger partial charge in [-0.05, 0) is 38.7 Å². The first kappa shape index (κ1) is 27.6. The van der Waals surface area contributed by atoms with Crippen LogP contribution in [0.2, 0.25) is 0 Å². The number of carbonyl (C=O) groups excluding carboxylic acids is 3. The van der Waals surface area contributed by atoms with Crippen LogP contribution in [0, 0.1) is 17.8 Å². The molecule has 8 nitrogen and oxygen atoms in total. The fourth-order valence-electron chi connectivity index (χ4n) is 7.15. The highest BCUT2D eigenvalue weighted by atomic mass is 16.5. The molecule has 4 aliphatic heterocycles. The summed E-state index contributed by atoms with van der Waals surface area (Å²) in [4.78, 5) is 48.2. The van der Waals surface area contributed by atoms with Crippen molar-refractivity contribution in [1.82, 2.24) is 14.7 Å². The molecule has 210 valence electrons. The maximum Gasteiger partial charge on any atom is 0.249 e. The van der Waals surface area contributed by atoms with E-state index in [9.17, 15) is 19.5 Å². The van der Waals surface area contributed by atoms with Gasteiger partial charge in [0.2, 0.25) is 17.7 Å². The second-order valence-electron chi connectivity index (χ2n) is 12.3. The lowest BCUT2D eigenvalue weighted by molar-refractivity contribution is -0.157. The average molecular weight is 536 g/mol. The molecule has 3 amide bonds. The molecule has 1 unspecified atom stereocenters. The zero-order chi connectivity index (χ0) is 28.1. The Morgan fingerprint density at radius 1 is 0.949 bits per heavy atom. The Balaban J connectivity index is 1.62. The van der Waals surface area contributed by atoms with E-state index in [1.807, 2.05) is 89.3 Å². The second kappa shape index (κ2) is 10.2. The minimum atomic E-state index is -1.31. The first-order valence-electron chi connectivity index (χ1n) is 14.2. The van der Waals surface area contributed by atoms with E-state index in [2.05, 4.69) is 0 Å². The van der Waals surface area contributed by atoms with Crippen molar-refractivity contribution in [3.63, 3.8) is 0 Å². The van der Waals surface area contributed by atoms with E-state index in [4.69, 9.17) is 4.74 Å². The van der Waals surface area contributed by atoms with Gasteiger partial charge in [0.25, 0.3) is 0 Å². The number of nitrogens with zero attached hydrogens (tertiary/aromatic N) is 3. The predicted molar refractivity (Wildman–Crippen MR) is 147 cm³/mol. The third kappa shape index (κ3) is 4.42. The van der Waals surface area contributed by atoms with E-state index >= 15 is 0 Å². The summed E-state index contributed by atoms with van der Waals surface area (Å²) in [6, 6.07) is 8.20. The summed E-state index contributed by atoms with van der Waals surface area (Å²) in [6.45, 7) is 10.8. The Hall–Kier alpha value is -2.97. The highest BCUT2D eigenvalue weighted by Crippen LogP contribution is 2.58. The molecular formula is C31H41N3O5. The molecule has 2 saturated heterocycles. The number of hydrogen-bond acceptors (Lipinski definition) is 5. The summed E-state index contributed by atoms with van der Waals surface area (Å²) < 4.78 is 6.88. The Kier molecular flexibility index (Phi) is 7.22. The molecule has 1 N–H and O–H groups in total. The van der Waals surface area contributed by atoms with E-state index in [0.717, 1.165) is 5.56 Å². The van der Waals surface area contributed by atoms with Gasteiger partial charge in [-0.15, -0.1) is 0 Å². The van der Waals surface area contributed by atoms with Gasteiger partial charge in [-0.1, -0.05) is 68.5 Å². The van der Waals surface area contributed by atoms with Gasteiger partial charge in [0.1, 0.15) is 11.6 Å². The van der Waals surface area contributed by atoms with Crippen LogP contribution in [0.4, 0.5) is 0 Å². The number of rotatable bonds is 7. The number of aliphatic hydroxyl groups excluding tert-OH is 1. The van der Waals surface area contributed by atoms with Crippen LogP contribution in [0.1, 0.15) is 46.6 Å². The van der Waals surface area contributed by atoms with Crippen molar-refractivity contribution in [2.45, 2.75) is 76.9 Å². The Morgan fingerprint density at radius 3 is 2.28 bits per heavy atom. The van der Waals surface area contributed by atoms with Crippen molar-refractivity contribution in [1.29, 1.82) is 0 Å². The molecule has 0 bridgehead atoms. The summed E-state index contributed by atoms with van der Waals surface area (Å²) in [7, 11) is 0. The molecule has 2 fully saturated rings. The van der Waals surface area contributed by atoms with Crippen molar-refractivity contribution < 1.29 is 24.2 Å². The van der Waals surface area contributed by atoms with E-state index in [1.165, 1.54) is 0 Å². The van der Waals surface area contributed by atoms with Crippen LogP contribution in [0.25, 0.3) is 0 Å². The zero-order valence-electron chi connectivity index (χ0n) is 23.6. The van der Waals surface area contributed by atoms with Crippen LogP contribution >= 0.6 is 0 Å². The molecule has 1 aromatic carbocycles. The largest absolute Gasteiger partial charge is 0.394 e. The SMILES string of the molecule is CC(C)C[C@H](CO)N1C(=O)[C@@H]2[C@@H]3C(=O)N(Cc4ccccc4)CC=C[C@]3(C)O[C@@]23C=CCN(C(C)C)C(=O)C13. The summed E-state index contributed by atoms with van der Waals surface area (Å²) in [5.74, 6) is -2.14. The maximum absolute atomic E-state index is 14.5. The average Bonchev–Trinajstić information content (AvgIpc) is 3.16. The van der Waals surface area contributed by atoms with Crippen LogP contribution in [0.3, 0.4) is 0 Å². The fraction of sp³-hybridized carbons (Fsp3) is 0.581. The lowest BCUT2D eigenvalue weighted by Gasteiger charge is -2.41. The molecule has 0 saturated carbocycles. The minimum absolute atomic E-state index is 0.0867. The molecule has 4 aliphatic rings. The van der Waals surface area contributed by atoms with Crippen LogP contribution in [-0.2, 0) is 25.7 Å². The first-order chi connectivity index (χ1) is 18.5. The summed E-state index contributed by atoms with van der Waals surface area (Å²) in [6.07, 6.45) is 8.16. The number of likely N-dealkylation sites (tertiary alicyclic amines) is 1. The van der Waals surface area contributed by atoms with Crippen LogP contribution in [0.15, 0.2) is 54.6 Å². The van der Waals surface area contributed by atoms with E-state index in [1.54, 1.807) is 14.7 Å². The minimum Gasteiger partial charge on any atom is -0.394 e. The molecule has 1 aromatic rings. The van der Waals surface area contributed by atoms with Gasteiger partial charge in [0.05, 0.1) is 30.1 Å². The molecule has 6 atom stereocenters. The Bertz CT molecular complexity index is 1180. The number of benzene rings is 1. The summed E-state index contributed by atoms with van der Waals surface area (Å²) in [5.41, 5.74) is -1.36. The van der Waals surface area contributed by atoms with Crippen molar-refractivity contribution in [3.05, 3.63) is 60.2 Å². The van der Waals surface area contributed by atoms with Crippen molar-refractivity contribution in [2.75, 3.05) is 19.7 Å². The van der Waals surface area contributed by atoms with E-state index < -0.39 is 35.1 Å². The van der Waals surface area contributed by atoms with Crippen LogP contribution in [-0.4, -0.2) is 86.6 Å². The lowest BCUT2D eigenvalue weighted by Crippen LogP contribution is -2.59. The topological polar surface area (TPSA) is 90.4 Å². The number of hydrogen-bond donors (Lipinski definition) is 1. The van der Waals surface area contributed by atoms with Crippen LogP contribution < -0.4 is 0 Å². The Morgan fingerprint density at radius 2 is 1.64 bits per heavy atom. The van der Waals surface area contributed by atoms with Crippen molar-refractivity contribution >= 4 is 17.7 Å². The Labute approximate surface area is 231 Å². The molecule has 0 aromatic heterocycles. The van der Waals surface area contributed by atoms with Gasteiger partial charge < -0.3 is 24.5 Å². The zero-order valence-corrected chi connectivity index (χ0v) is 23.6. The van der Waals surface area contributed by atoms with Gasteiger partial charge in [-0.25, -0.2) is 0 Å². The van der Waals surface area contributed by atoms with Crippen molar-refractivity contribution in [3.8, 4) is 0 Å². The highest BCUT2D eigenvalue weighted by Gasteiger charge is 2.75. The number of aliphatic hydroxyl groups is 1. The molecule has 1 spiro atoms. The third-order valence-corrected chi connectivity index (χ3v) is 8.80. The van der Waals surface area contributed by atoms with Crippen LogP contribution in [0.5, 0.6) is 0 Å². The number of amides is 3. The molecule has 0 aliphatic carbocycles. The lowest BCUT2D eigenvalue weighted by atomic mass is 9.74. The van der Waals surface area contributed by atoms with Gasteiger partial charge in [0, 0.05) is 25.7 Å². The number of fused-ring (bicyclic) bond motifs is 2. The molecule has 39 heavy (non-hydrogen) atoms. The quantitative estimate of drug-likeness (QED) is 0.543. The standard InChI is InChI=1S/C31H41N3O5/c1-20(2)17-23(19-35)34-26-29(38)33(21(3)4)16-10-14-31(26)25(28(34)37)24-27(36)32(15-9-13-30(24,5)39-31)18-22-11-7-6-8-12-22/h6-14,20-21,23-26,35H,15-19H2,1-5H3/t23-,24-,25+,26?,30+,31+/m1/s1. The molecule has 5 rings (SSSR count). The van der Waals surface area contributed by atoms with Crippen molar-refractivity contribution in [2.24, 2.45) is 17.8 Å². The number of carbonyl (C=O) groups is 3. The molecule has 0 radical (unpaired) electrons. The molecule has 4 heterocycles. The maximum atomic E-state index is 14.5. The summed E-state index contributed by atoms with van der Waals surface area (Å²) in [5, 5.41) is 10.5. The normalized spacial score (nSPS) is 33.0. The second-order valence-corrected chi connectivity index (χ2v) is 12.3. The molecular weight excluding hydrogens is 494 g/mol. The van der Waals surface area contributed by atoms with Gasteiger partial charge in [-0.2, -0.15) is 0 Å². The van der Waals surface area contributed by atoms with E-state index in [-0.39, 0.29) is 36.3 Å². The molecule has 8 heteroatoms. The fourth-order valence-corrected chi connectivity index (χ4v) is 7.15. The number of ether oxygens (including phenoxy) is 1. The summed E-state index contributed by atoms with van der Waals surface area (Å²) >= 11 is 0. The predicted octanol–water partition coefficient (Wildman–Crippen LogP) is 2.77. The van der Waals surface area contributed by atoms with Gasteiger partial charge in [0.15, 0.2) is 0 Å². The van der Waals surface area contributed by atoms with Gasteiger partial charge >= 0.3 is 0 Å². The van der Waals surface area contributed by atoms with Gasteiger partial charge in [-0.3, -0.25) is 14.4 Å². The van der Waals surface area contributed by atoms with E-state index in [0.29, 0.717) is 26.1 Å². The monoisotopic (exact) mass is 535 g/mol.